The molecule has 0 unspecified atom stereocenters. The van der Waals surface area contributed by atoms with E-state index in [1.54, 1.807) is 11.3 Å². The highest BCUT2D eigenvalue weighted by molar-refractivity contribution is 7.08. The van der Waals surface area contributed by atoms with Gasteiger partial charge in [0.25, 0.3) is 5.91 Å². The van der Waals surface area contributed by atoms with Gasteiger partial charge in [-0.25, -0.2) is 0 Å². The lowest BCUT2D eigenvalue weighted by atomic mass is 9.95. The van der Waals surface area contributed by atoms with Gasteiger partial charge in [0.05, 0.1) is 0 Å². The zero-order valence-electron chi connectivity index (χ0n) is 11.5. The van der Waals surface area contributed by atoms with Crippen LogP contribution in [-0.4, -0.2) is 11.9 Å². The fraction of sp³-hybridized carbons (Fsp3) is 0.353. The average Bonchev–Trinajstić information content (AvgIpc) is 3.03. The van der Waals surface area contributed by atoms with Crippen LogP contribution in [0.5, 0.6) is 0 Å². The lowest BCUT2D eigenvalue weighted by Gasteiger charge is -2.22. The summed E-state index contributed by atoms with van der Waals surface area (Å²) in [6.07, 6.45) is 6.03. The first kappa shape index (κ1) is 13.4. The highest BCUT2D eigenvalue weighted by Gasteiger charge is 2.16. The molecule has 104 valence electrons. The quantitative estimate of drug-likeness (QED) is 0.885. The Morgan fingerprint density at radius 1 is 1.00 bits per heavy atom. The molecule has 1 aliphatic carbocycles. The van der Waals surface area contributed by atoms with Crippen molar-refractivity contribution in [1.29, 1.82) is 0 Å². The molecule has 2 nitrogen and oxygen atoms in total. The van der Waals surface area contributed by atoms with Crippen LogP contribution in [0, 0.1) is 0 Å². The van der Waals surface area contributed by atoms with Crippen molar-refractivity contribution in [2.75, 3.05) is 0 Å². The fourth-order valence-corrected chi connectivity index (χ4v) is 3.42. The summed E-state index contributed by atoms with van der Waals surface area (Å²) in [7, 11) is 0. The van der Waals surface area contributed by atoms with E-state index in [2.05, 4.69) is 22.1 Å². The third-order valence-electron chi connectivity index (χ3n) is 3.94. The summed E-state index contributed by atoms with van der Waals surface area (Å²) in [5, 5.41) is 7.34. The van der Waals surface area contributed by atoms with Crippen LogP contribution in [0.1, 0.15) is 42.5 Å². The van der Waals surface area contributed by atoms with E-state index in [1.807, 2.05) is 24.3 Å². The van der Waals surface area contributed by atoms with E-state index < -0.39 is 0 Å². The van der Waals surface area contributed by atoms with Gasteiger partial charge in [0, 0.05) is 11.6 Å². The Labute approximate surface area is 123 Å². The maximum Gasteiger partial charge on any atom is 0.251 e. The molecular formula is C17H19NOS. The molecule has 1 aromatic heterocycles. The second-order valence-electron chi connectivity index (χ2n) is 5.40. The minimum absolute atomic E-state index is 0.0637. The predicted molar refractivity (Wildman–Crippen MR) is 84.1 cm³/mol. The Morgan fingerprint density at radius 2 is 1.75 bits per heavy atom. The van der Waals surface area contributed by atoms with Crippen molar-refractivity contribution in [2.24, 2.45) is 0 Å². The Balaban J connectivity index is 1.66. The number of carbonyl (C=O) groups is 1. The normalized spacial score (nSPS) is 16.0. The Kier molecular flexibility index (Phi) is 4.16. The van der Waals surface area contributed by atoms with Crippen LogP contribution in [0.4, 0.5) is 0 Å². The molecule has 1 saturated carbocycles. The fourth-order valence-electron chi connectivity index (χ4n) is 2.76. The molecule has 1 N–H and O–H groups in total. The predicted octanol–water partition coefficient (Wildman–Crippen LogP) is 4.48. The molecular weight excluding hydrogens is 266 g/mol. The van der Waals surface area contributed by atoms with Crippen LogP contribution >= 0.6 is 11.3 Å². The summed E-state index contributed by atoms with van der Waals surface area (Å²) in [5.74, 6) is 0.0637. The molecule has 1 heterocycles. The van der Waals surface area contributed by atoms with E-state index in [1.165, 1.54) is 30.4 Å². The van der Waals surface area contributed by atoms with E-state index in [4.69, 9.17) is 0 Å². The van der Waals surface area contributed by atoms with Gasteiger partial charge in [0.1, 0.15) is 0 Å². The van der Waals surface area contributed by atoms with Gasteiger partial charge in [-0.05, 0) is 52.9 Å². The van der Waals surface area contributed by atoms with Crippen LogP contribution in [0.2, 0.25) is 0 Å². The zero-order chi connectivity index (χ0) is 13.8. The van der Waals surface area contributed by atoms with E-state index in [9.17, 15) is 4.79 Å². The minimum Gasteiger partial charge on any atom is -0.349 e. The van der Waals surface area contributed by atoms with Crippen molar-refractivity contribution in [3.8, 4) is 11.1 Å². The summed E-state index contributed by atoms with van der Waals surface area (Å²) in [6.45, 7) is 0. The van der Waals surface area contributed by atoms with Crippen molar-refractivity contribution in [3.63, 3.8) is 0 Å². The van der Waals surface area contributed by atoms with Crippen molar-refractivity contribution in [2.45, 2.75) is 38.1 Å². The SMILES string of the molecule is O=C(NC1CCCCC1)c1ccc(-c2ccsc2)cc1. The van der Waals surface area contributed by atoms with Gasteiger partial charge in [0.15, 0.2) is 0 Å². The van der Waals surface area contributed by atoms with Gasteiger partial charge >= 0.3 is 0 Å². The molecule has 1 aromatic carbocycles. The lowest BCUT2D eigenvalue weighted by molar-refractivity contribution is 0.0928. The number of hydrogen-bond donors (Lipinski definition) is 1. The zero-order valence-corrected chi connectivity index (χ0v) is 12.3. The van der Waals surface area contributed by atoms with Crippen molar-refractivity contribution >= 4 is 17.2 Å². The van der Waals surface area contributed by atoms with Gasteiger partial charge in [-0.2, -0.15) is 11.3 Å². The number of amides is 1. The standard InChI is InChI=1S/C17H19NOS/c19-17(18-16-4-2-1-3-5-16)14-8-6-13(7-9-14)15-10-11-20-12-15/h6-12,16H,1-5H2,(H,18,19). The Bertz CT molecular complexity index is 553. The highest BCUT2D eigenvalue weighted by Crippen LogP contribution is 2.22. The van der Waals surface area contributed by atoms with Crippen LogP contribution in [0.15, 0.2) is 41.1 Å². The Hall–Kier alpha value is -1.61. The third-order valence-corrected chi connectivity index (χ3v) is 4.63. The Morgan fingerprint density at radius 3 is 2.40 bits per heavy atom. The van der Waals surface area contributed by atoms with Crippen LogP contribution in [0.3, 0.4) is 0 Å². The van der Waals surface area contributed by atoms with Crippen molar-refractivity contribution in [1.82, 2.24) is 5.32 Å². The third kappa shape index (κ3) is 3.10. The molecule has 2 aromatic rings. The second-order valence-corrected chi connectivity index (χ2v) is 6.18. The highest BCUT2D eigenvalue weighted by atomic mass is 32.1. The molecule has 0 atom stereocenters. The molecule has 1 fully saturated rings. The van der Waals surface area contributed by atoms with E-state index in [0.29, 0.717) is 6.04 Å². The van der Waals surface area contributed by atoms with Crippen molar-refractivity contribution < 1.29 is 4.79 Å². The smallest absolute Gasteiger partial charge is 0.251 e. The summed E-state index contributed by atoms with van der Waals surface area (Å²) in [4.78, 5) is 12.2. The molecule has 1 aliphatic rings. The van der Waals surface area contributed by atoms with Gasteiger partial charge in [-0.1, -0.05) is 31.4 Å². The van der Waals surface area contributed by atoms with E-state index >= 15 is 0 Å². The molecule has 3 rings (SSSR count). The summed E-state index contributed by atoms with van der Waals surface area (Å²) < 4.78 is 0. The average molecular weight is 285 g/mol. The summed E-state index contributed by atoms with van der Waals surface area (Å²) >= 11 is 1.69. The first-order chi connectivity index (χ1) is 9.83. The molecule has 0 spiro atoms. The van der Waals surface area contributed by atoms with E-state index in [-0.39, 0.29) is 5.91 Å². The lowest BCUT2D eigenvalue weighted by Crippen LogP contribution is -2.36. The molecule has 0 saturated heterocycles. The molecule has 1 amide bonds. The number of benzene rings is 1. The van der Waals surface area contributed by atoms with E-state index in [0.717, 1.165) is 18.4 Å². The van der Waals surface area contributed by atoms with Gasteiger partial charge in [-0.15, -0.1) is 0 Å². The number of nitrogens with one attached hydrogen (secondary N) is 1. The maximum absolute atomic E-state index is 12.2. The molecule has 0 bridgehead atoms. The summed E-state index contributed by atoms with van der Waals surface area (Å²) in [6, 6.07) is 10.4. The first-order valence-electron chi connectivity index (χ1n) is 7.26. The largest absolute Gasteiger partial charge is 0.349 e. The summed E-state index contributed by atoms with van der Waals surface area (Å²) in [5.41, 5.74) is 3.14. The van der Waals surface area contributed by atoms with Crippen LogP contribution in [-0.2, 0) is 0 Å². The second kappa shape index (κ2) is 6.23. The maximum atomic E-state index is 12.2. The molecule has 3 heteroatoms. The minimum atomic E-state index is 0.0637. The first-order valence-corrected chi connectivity index (χ1v) is 8.21. The number of thiophene rings is 1. The van der Waals surface area contributed by atoms with Crippen molar-refractivity contribution in [3.05, 3.63) is 46.7 Å². The van der Waals surface area contributed by atoms with Crippen LogP contribution < -0.4 is 5.32 Å². The molecule has 0 aliphatic heterocycles. The molecule has 0 radical (unpaired) electrons. The number of rotatable bonds is 3. The topological polar surface area (TPSA) is 29.1 Å². The number of hydrogen-bond acceptors (Lipinski definition) is 2. The van der Waals surface area contributed by atoms with Gasteiger partial charge in [-0.3, -0.25) is 4.79 Å². The monoisotopic (exact) mass is 285 g/mol. The number of carbonyl (C=O) groups excluding carboxylic acids is 1. The van der Waals surface area contributed by atoms with Crippen LogP contribution in [0.25, 0.3) is 11.1 Å². The van der Waals surface area contributed by atoms with Gasteiger partial charge in [0.2, 0.25) is 0 Å². The van der Waals surface area contributed by atoms with Gasteiger partial charge < -0.3 is 5.32 Å². The molecule has 20 heavy (non-hydrogen) atoms.